The largest absolute Gasteiger partial charge is 0.443 e. The van der Waals surface area contributed by atoms with Gasteiger partial charge in [-0.25, -0.2) is 4.99 Å². The molecule has 0 radical (unpaired) electrons. The molecule has 41 heavy (non-hydrogen) atoms. The van der Waals surface area contributed by atoms with E-state index in [1.165, 1.54) is 30.9 Å². The number of benzene rings is 2. The molecule has 0 saturated carbocycles. The van der Waals surface area contributed by atoms with Gasteiger partial charge in [-0.05, 0) is 76.2 Å². The first kappa shape index (κ1) is 42.0. The summed E-state index contributed by atoms with van der Waals surface area (Å²) < 4.78 is 78.6. The first-order valence-corrected chi connectivity index (χ1v) is 12.5. The number of hydrogen-bond donors (Lipinski definition) is 1. The number of carbonyl (C=O) groups is 2. The van der Waals surface area contributed by atoms with E-state index in [4.69, 9.17) is 14.3 Å². The van der Waals surface area contributed by atoms with Crippen molar-refractivity contribution in [1.29, 1.82) is 0 Å². The van der Waals surface area contributed by atoms with E-state index in [0.29, 0.717) is 24.1 Å². The molecule has 0 aliphatic rings. The van der Waals surface area contributed by atoms with E-state index in [0.717, 1.165) is 5.75 Å². The van der Waals surface area contributed by atoms with E-state index in [-0.39, 0.29) is 11.6 Å². The topological polar surface area (TPSA) is 67.8 Å². The average molecular weight is 593 g/mol. The summed E-state index contributed by atoms with van der Waals surface area (Å²) in [7, 11) is 1.93. The lowest BCUT2D eigenvalue weighted by Gasteiger charge is -2.12. The van der Waals surface area contributed by atoms with Crippen molar-refractivity contribution in [3.63, 3.8) is 0 Å². The van der Waals surface area contributed by atoms with E-state index < -0.39 is 23.5 Å². The Balaban J connectivity index is -0.000000567. The predicted molar refractivity (Wildman–Crippen MR) is 153 cm³/mol. The molecular formula is C30H42F6N2O3. The number of hydrogen-bond acceptors (Lipinski definition) is 5. The summed E-state index contributed by atoms with van der Waals surface area (Å²) in [6, 6.07) is 9.71. The van der Waals surface area contributed by atoms with Gasteiger partial charge in [0.05, 0.1) is 11.1 Å². The van der Waals surface area contributed by atoms with Crippen LogP contribution in [-0.4, -0.2) is 32.6 Å². The molecule has 0 aromatic heterocycles. The molecule has 2 aromatic carbocycles. The van der Waals surface area contributed by atoms with Crippen LogP contribution in [-0.2, 0) is 21.9 Å². The number of likely N-dealkylation sites (N-methyl/N-ethyl adjacent to an activating group) is 1. The lowest BCUT2D eigenvalue weighted by Crippen LogP contribution is -2.22. The van der Waals surface area contributed by atoms with Crippen LogP contribution in [0.5, 0.6) is 5.75 Å². The van der Waals surface area contributed by atoms with Crippen molar-refractivity contribution in [2.24, 2.45) is 4.99 Å². The fourth-order valence-electron chi connectivity index (χ4n) is 2.45. The van der Waals surface area contributed by atoms with Gasteiger partial charge >= 0.3 is 12.4 Å². The first-order chi connectivity index (χ1) is 19.0. The van der Waals surface area contributed by atoms with Crippen molar-refractivity contribution in [3.8, 4) is 5.75 Å². The van der Waals surface area contributed by atoms with Crippen molar-refractivity contribution < 1.29 is 40.7 Å². The molecule has 0 heterocycles. The Bertz CT molecular complexity index is 998. The first-order valence-electron chi connectivity index (χ1n) is 12.5. The van der Waals surface area contributed by atoms with Gasteiger partial charge < -0.3 is 19.6 Å². The molecule has 2 rings (SSSR count). The standard InChI is InChI=1S/C15H22N2O.C9H6F6.C4H10.2CH2O/c1-11-6-8-15(9-7-11)18-14(4)17-10-12(2)13(3)16-5;1-5-2-6(8(10,11)12)4-7(3-5)9(13,14)15;1-3-4-2;2*1-2/h6-10,13,16H,1-5H3;2-4H,1H3;3-4H2,1-2H3;2*1H2/b12-10+,17-14?;;;;. The van der Waals surface area contributed by atoms with E-state index in [1.807, 2.05) is 64.9 Å². The molecule has 11 heteroatoms. The number of rotatable bonds is 5. The summed E-state index contributed by atoms with van der Waals surface area (Å²) in [6.07, 6.45) is -5.04. The van der Waals surface area contributed by atoms with Gasteiger partial charge in [-0.2, -0.15) is 26.3 Å². The number of ether oxygens (including phenoxy) is 1. The second-order valence-electron chi connectivity index (χ2n) is 8.53. The maximum absolute atomic E-state index is 12.2. The molecular weight excluding hydrogens is 550 g/mol. The second kappa shape index (κ2) is 22.2. The van der Waals surface area contributed by atoms with Crippen LogP contribution < -0.4 is 10.1 Å². The summed E-state index contributed by atoms with van der Waals surface area (Å²) >= 11 is 0. The van der Waals surface area contributed by atoms with Crippen LogP contribution in [0.2, 0.25) is 0 Å². The zero-order valence-corrected chi connectivity index (χ0v) is 25.0. The summed E-state index contributed by atoms with van der Waals surface area (Å²) in [4.78, 5) is 20.3. The lowest BCUT2D eigenvalue weighted by molar-refractivity contribution is -0.143. The quantitative estimate of drug-likeness (QED) is 0.214. The fourth-order valence-corrected chi connectivity index (χ4v) is 2.45. The molecule has 0 fully saturated rings. The monoisotopic (exact) mass is 592 g/mol. The minimum absolute atomic E-state index is 0.0721. The van der Waals surface area contributed by atoms with Crippen LogP contribution in [0.15, 0.2) is 59.2 Å². The Morgan fingerprint density at radius 1 is 0.854 bits per heavy atom. The highest BCUT2D eigenvalue weighted by atomic mass is 19.4. The number of aliphatic imine (C=N–C) groups is 1. The van der Waals surface area contributed by atoms with Gasteiger partial charge in [0.25, 0.3) is 0 Å². The van der Waals surface area contributed by atoms with E-state index >= 15 is 0 Å². The van der Waals surface area contributed by atoms with Gasteiger partial charge in [0.15, 0.2) is 5.90 Å². The molecule has 1 unspecified atom stereocenters. The number of nitrogens with one attached hydrogen (secondary N) is 1. The summed E-state index contributed by atoms with van der Waals surface area (Å²) in [5.74, 6) is 1.45. The Morgan fingerprint density at radius 2 is 1.27 bits per heavy atom. The SMILES string of the molecule is C=O.C=O.CCCC.CNC(C)/C(C)=C/N=C(C)Oc1ccc(C)cc1.Cc1cc(C(F)(F)F)cc(C(F)(F)F)c1. The van der Waals surface area contributed by atoms with Gasteiger partial charge in [0.1, 0.15) is 19.3 Å². The number of aryl methyl sites for hydroxylation is 2. The number of halogens is 6. The van der Waals surface area contributed by atoms with Crippen molar-refractivity contribution >= 4 is 19.5 Å². The molecule has 2 aromatic rings. The number of nitrogens with zero attached hydrogens (tertiary/aromatic N) is 1. The molecule has 1 atom stereocenters. The highest BCUT2D eigenvalue weighted by Crippen LogP contribution is 2.36. The lowest BCUT2D eigenvalue weighted by atomic mass is 10.1. The molecule has 5 nitrogen and oxygen atoms in total. The minimum atomic E-state index is -4.76. The van der Waals surface area contributed by atoms with Crippen LogP contribution in [0, 0.1) is 13.8 Å². The number of alkyl halides is 6. The molecule has 0 aliphatic heterocycles. The fraction of sp³-hybridized carbons (Fsp3) is 0.433. The molecule has 0 aliphatic carbocycles. The normalized spacial score (nSPS) is 12.0. The molecule has 0 saturated heterocycles. The van der Waals surface area contributed by atoms with Crippen LogP contribution in [0.3, 0.4) is 0 Å². The van der Waals surface area contributed by atoms with E-state index in [1.54, 1.807) is 0 Å². The van der Waals surface area contributed by atoms with Crippen molar-refractivity contribution in [1.82, 2.24) is 5.32 Å². The predicted octanol–water partition coefficient (Wildman–Crippen LogP) is 8.77. The summed E-state index contributed by atoms with van der Waals surface area (Å²) in [6.45, 7) is 17.6. The maximum atomic E-state index is 12.2. The molecule has 0 spiro atoms. The molecule has 1 N–H and O–H groups in total. The van der Waals surface area contributed by atoms with E-state index in [2.05, 4.69) is 38.0 Å². The molecule has 0 amide bonds. The smallest absolute Gasteiger partial charge is 0.416 e. The van der Waals surface area contributed by atoms with Crippen molar-refractivity contribution in [2.45, 2.75) is 79.7 Å². The van der Waals surface area contributed by atoms with Gasteiger partial charge in [-0.15, -0.1) is 0 Å². The minimum Gasteiger partial charge on any atom is -0.443 e. The zero-order chi connectivity index (χ0) is 32.8. The Kier molecular flexibility index (Phi) is 22.8. The van der Waals surface area contributed by atoms with Crippen LogP contribution >= 0.6 is 0 Å². The van der Waals surface area contributed by atoms with Crippen molar-refractivity contribution in [2.75, 3.05) is 7.05 Å². The van der Waals surface area contributed by atoms with Crippen LogP contribution in [0.1, 0.15) is 69.7 Å². The Labute approximate surface area is 239 Å². The number of unbranched alkanes of at least 4 members (excludes halogenated alkanes) is 1. The van der Waals surface area contributed by atoms with Gasteiger partial charge in [-0.3, -0.25) is 0 Å². The average Bonchev–Trinajstić information content (AvgIpc) is 2.94. The third-order valence-electron chi connectivity index (χ3n) is 5.08. The molecule has 0 bridgehead atoms. The second-order valence-corrected chi connectivity index (χ2v) is 8.53. The Hall–Kier alpha value is -3.47. The van der Waals surface area contributed by atoms with Gasteiger partial charge in [-0.1, -0.05) is 44.4 Å². The third kappa shape index (κ3) is 20.1. The summed E-state index contributed by atoms with van der Waals surface area (Å²) in [5.41, 5.74) is -0.248. The third-order valence-corrected chi connectivity index (χ3v) is 5.08. The van der Waals surface area contributed by atoms with Crippen LogP contribution in [0.25, 0.3) is 0 Å². The number of carbonyl (C=O) groups excluding carboxylic acids is 2. The summed E-state index contributed by atoms with van der Waals surface area (Å²) in [5, 5.41) is 3.17. The van der Waals surface area contributed by atoms with Crippen LogP contribution in [0.4, 0.5) is 26.3 Å². The van der Waals surface area contributed by atoms with E-state index in [9.17, 15) is 26.3 Å². The highest BCUT2D eigenvalue weighted by molar-refractivity contribution is 5.76. The van der Waals surface area contributed by atoms with Gasteiger partial charge in [0.2, 0.25) is 0 Å². The highest BCUT2D eigenvalue weighted by Gasteiger charge is 2.36. The van der Waals surface area contributed by atoms with Gasteiger partial charge in [0, 0.05) is 19.2 Å². The van der Waals surface area contributed by atoms with Crippen molar-refractivity contribution in [3.05, 3.63) is 76.5 Å². The molecule has 232 valence electrons. The zero-order valence-electron chi connectivity index (χ0n) is 25.0. The Morgan fingerprint density at radius 3 is 1.61 bits per heavy atom. The maximum Gasteiger partial charge on any atom is 0.416 e.